The minimum absolute atomic E-state index is 0.562. The molecule has 0 spiro atoms. The van der Waals surface area contributed by atoms with Gasteiger partial charge in [0.2, 0.25) is 0 Å². The summed E-state index contributed by atoms with van der Waals surface area (Å²) in [6.45, 7) is 6.61. The summed E-state index contributed by atoms with van der Waals surface area (Å²) >= 11 is 0. The molecular weight excluding hydrogens is 216 g/mol. The molecule has 5 heteroatoms. The second kappa shape index (κ2) is 7.84. The van der Waals surface area contributed by atoms with Gasteiger partial charge in [0.05, 0.1) is 0 Å². The van der Waals surface area contributed by atoms with Gasteiger partial charge in [0, 0.05) is 25.3 Å². The molecule has 1 heterocycles. The van der Waals surface area contributed by atoms with Gasteiger partial charge in [-0.15, -0.1) is 0 Å². The van der Waals surface area contributed by atoms with Crippen molar-refractivity contribution < 1.29 is 4.74 Å². The molecule has 0 atom stereocenters. The van der Waals surface area contributed by atoms with Crippen molar-refractivity contribution in [3.63, 3.8) is 0 Å². The van der Waals surface area contributed by atoms with Gasteiger partial charge < -0.3 is 15.8 Å². The minimum atomic E-state index is 0.562. The van der Waals surface area contributed by atoms with Gasteiger partial charge in [0.15, 0.2) is 0 Å². The van der Waals surface area contributed by atoms with Crippen LogP contribution in [-0.2, 0) is 11.2 Å². The number of nitrogens with zero attached hydrogens (tertiary/aromatic N) is 2. The number of aromatic nitrogens is 2. The normalized spacial score (nSPS) is 10.5. The molecule has 1 aromatic rings. The number of nitrogens with one attached hydrogen (secondary N) is 1. The van der Waals surface area contributed by atoms with Gasteiger partial charge in [-0.1, -0.05) is 13.8 Å². The summed E-state index contributed by atoms with van der Waals surface area (Å²) in [7, 11) is 0. The van der Waals surface area contributed by atoms with Crippen molar-refractivity contribution >= 4 is 11.6 Å². The van der Waals surface area contributed by atoms with E-state index in [0.717, 1.165) is 50.4 Å². The average Bonchev–Trinajstić information content (AvgIpc) is 2.34. The highest BCUT2D eigenvalue weighted by atomic mass is 16.5. The molecular formula is C12H22N4O. The smallest absolute Gasteiger partial charge is 0.134 e. The molecule has 0 unspecified atom stereocenters. The number of anilines is 2. The van der Waals surface area contributed by atoms with E-state index in [0.29, 0.717) is 5.82 Å². The van der Waals surface area contributed by atoms with Crippen molar-refractivity contribution in [1.82, 2.24) is 9.97 Å². The molecule has 0 aliphatic carbocycles. The highest BCUT2D eigenvalue weighted by Gasteiger charge is 2.05. The molecule has 0 amide bonds. The Morgan fingerprint density at radius 1 is 1.29 bits per heavy atom. The number of hydrogen-bond acceptors (Lipinski definition) is 5. The van der Waals surface area contributed by atoms with Crippen LogP contribution in [0.25, 0.3) is 0 Å². The summed E-state index contributed by atoms with van der Waals surface area (Å²) in [6, 6.07) is 0. The fraction of sp³-hybridized carbons (Fsp3) is 0.667. The first-order chi connectivity index (χ1) is 8.29. The van der Waals surface area contributed by atoms with Crippen LogP contribution in [0.15, 0.2) is 6.33 Å². The Labute approximate surface area is 103 Å². The molecule has 96 valence electrons. The lowest BCUT2D eigenvalue weighted by Crippen LogP contribution is -2.11. The van der Waals surface area contributed by atoms with E-state index in [2.05, 4.69) is 22.2 Å². The summed E-state index contributed by atoms with van der Waals surface area (Å²) in [6.07, 6.45) is 4.36. The highest BCUT2D eigenvalue weighted by Crippen LogP contribution is 2.17. The third-order valence-electron chi connectivity index (χ3n) is 2.44. The van der Waals surface area contributed by atoms with Crippen LogP contribution >= 0.6 is 0 Å². The number of ether oxygens (including phenoxy) is 1. The fourth-order valence-corrected chi connectivity index (χ4v) is 1.55. The molecule has 0 fully saturated rings. The zero-order valence-corrected chi connectivity index (χ0v) is 10.7. The van der Waals surface area contributed by atoms with Crippen molar-refractivity contribution in [1.29, 1.82) is 0 Å². The predicted molar refractivity (Wildman–Crippen MR) is 70.0 cm³/mol. The molecule has 5 nitrogen and oxygen atoms in total. The van der Waals surface area contributed by atoms with E-state index in [1.165, 1.54) is 6.33 Å². The second-order valence-electron chi connectivity index (χ2n) is 3.83. The third kappa shape index (κ3) is 4.56. The zero-order chi connectivity index (χ0) is 12.5. The van der Waals surface area contributed by atoms with Gasteiger partial charge in [-0.25, -0.2) is 9.97 Å². The van der Waals surface area contributed by atoms with E-state index >= 15 is 0 Å². The van der Waals surface area contributed by atoms with Crippen LogP contribution in [0.5, 0.6) is 0 Å². The standard InChI is InChI=1S/C12H22N4O/c1-3-7-17-8-5-6-14-12-10(4-2)11(13)15-9-16-12/h9H,3-8H2,1-2H3,(H3,13,14,15,16). The minimum Gasteiger partial charge on any atom is -0.383 e. The number of nitrogen functional groups attached to an aromatic ring is 1. The van der Waals surface area contributed by atoms with Crippen molar-refractivity contribution in [2.24, 2.45) is 0 Å². The molecule has 0 saturated heterocycles. The Balaban J connectivity index is 2.33. The maximum absolute atomic E-state index is 5.79. The first kappa shape index (κ1) is 13.7. The lowest BCUT2D eigenvalue weighted by Gasteiger charge is -2.10. The molecule has 17 heavy (non-hydrogen) atoms. The van der Waals surface area contributed by atoms with Crippen LogP contribution < -0.4 is 11.1 Å². The molecule has 0 radical (unpaired) electrons. The Morgan fingerprint density at radius 3 is 2.82 bits per heavy atom. The van der Waals surface area contributed by atoms with Crippen molar-refractivity contribution in [3.05, 3.63) is 11.9 Å². The predicted octanol–water partition coefficient (Wildman–Crippen LogP) is 1.85. The summed E-state index contributed by atoms with van der Waals surface area (Å²) in [5.74, 6) is 1.41. The molecule has 0 aromatic carbocycles. The van der Waals surface area contributed by atoms with Crippen LogP contribution in [0.3, 0.4) is 0 Å². The first-order valence-electron chi connectivity index (χ1n) is 6.20. The van der Waals surface area contributed by atoms with E-state index in [9.17, 15) is 0 Å². The van der Waals surface area contributed by atoms with Crippen LogP contribution in [0.1, 0.15) is 32.3 Å². The Hall–Kier alpha value is -1.36. The van der Waals surface area contributed by atoms with Gasteiger partial charge in [-0.2, -0.15) is 0 Å². The quantitative estimate of drug-likeness (QED) is 0.676. The second-order valence-corrected chi connectivity index (χ2v) is 3.83. The summed E-state index contributed by atoms with van der Waals surface area (Å²) < 4.78 is 5.40. The van der Waals surface area contributed by atoms with E-state index in [4.69, 9.17) is 10.5 Å². The third-order valence-corrected chi connectivity index (χ3v) is 2.44. The zero-order valence-electron chi connectivity index (χ0n) is 10.7. The van der Waals surface area contributed by atoms with E-state index in [-0.39, 0.29) is 0 Å². The Kier molecular flexibility index (Phi) is 6.32. The summed E-state index contributed by atoms with van der Waals surface area (Å²) in [5, 5.41) is 3.27. The molecule has 3 N–H and O–H groups in total. The number of hydrogen-bond donors (Lipinski definition) is 2. The SMILES string of the molecule is CCCOCCCNc1ncnc(N)c1CC. The van der Waals surface area contributed by atoms with Crippen molar-refractivity contribution in [2.75, 3.05) is 30.8 Å². The molecule has 0 aliphatic rings. The van der Waals surface area contributed by atoms with Crippen LogP contribution in [0.2, 0.25) is 0 Å². The van der Waals surface area contributed by atoms with Crippen molar-refractivity contribution in [3.8, 4) is 0 Å². The van der Waals surface area contributed by atoms with Gasteiger partial charge in [-0.05, 0) is 19.3 Å². The largest absolute Gasteiger partial charge is 0.383 e. The van der Waals surface area contributed by atoms with Crippen LogP contribution in [-0.4, -0.2) is 29.7 Å². The maximum Gasteiger partial charge on any atom is 0.134 e. The first-order valence-corrected chi connectivity index (χ1v) is 6.20. The number of rotatable bonds is 8. The molecule has 0 aliphatic heterocycles. The van der Waals surface area contributed by atoms with Gasteiger partial charge in [0.25, 0.3) is 0 Å². The Bertz CT molecular complexity index is 330. The van der Waals surface area contributed by atoms with Crippen LogP contribution in [0, 0.1) is 0 Å². The summed E-state index contributed by atoms with van der Waals surface area (Å²) in [5.41, 5.74) is 6.77. The van der Waals surface area contributed by atoms with E-state index < -0.39 is 0 Å². The van der Waals surface area contributed by atoms with Crippen molar-refractivity contribution in [2.45, 2.75) is 33.1 Å². The highest BCUT2D eigenvalue weighted by molar-refractivity contribution is 5.54. The molecule has 0 saturated carbocycles. The number of nitrogens with two attached hydrogens (primary N) is 1. The van der Waals surface area contributed by atoms with E-state index in [1.54, 1.807) is 0 Å². The lowest BCUT2D eigenvalue weighted by atomic mass is 10.2. The Morgan fingerprint density at radius 2 is 2.12 bits per heavy atom. The average molecular weight is 238 g/mol. The molecule has 0 bridgehead atoms. The molecule has 1 rings (SSSR count). The maximum atomic E-state index is 5.79. The topological polar surface area (TPSA) is 73.1 Å². The fourth-order valence-electron chi connectivity index (χ4n) is 1.55. The van der Waals surface area contributed by atoms with E-state index in [1.807, 2.05) is 6.92 Å². The van der Waals surface area contributed by atoms with Gasteiger partial charge >= 0.3 is 0 Å². The van der Waals surface area contributed by atoms with Crippen LogP contribution in [0.4, 0.5) is 11.6 Å². The van der Waals surface area contributed by atoms with Gasteiger partial charge in [-0.3, -0.25) is 0 Å². The summed E-state index contributed by atoms with van der Waals surface area (Å²) in [4.78, 5) is 8.18. The lowest BCUT2D eigenvalue weighted by molar-refractivity contribution is 0.134. The van der Waals surface area contributed by atoms with Gasteiger partial charge in [0.1, 0.15) is 18.0 Å². The molecule has 1 aromatic heterocycles. The monoisotopic (exact) mass is 238 g/mol.